The Bertz CT molecular complexity index is 230. The summed E-state index contributed by atoms with van der Waals surface area (Å²) in [5.41, 5.74) is 0. The molecule has 0 aromatic carbocycles. The molecule has 0 aromatic heterocycles. The number of nitrogens with zero attached hydrogens (tertiary/aromatic N) is 2. The molecule has 1 aliphatic heterocycles. The van der Waals surface area contributed by atoms with E-state index < -0.39 is 0 Å². The maximum Gasteiger partial charge on any atom is 0.0220 e. The minimum atomic E-state index is 0.704. The van der Waals surface area contributed by atoms with Gasteiger partial charge in [-0.25, -0.2) is 0 Å². The Balaban J connectivity index is 2.09. The van der Waals surface area contributed by atoms with Crippen molar-refractivity contribution in [1.29, 1.82) is 0 Å². The molecule has 0 aromatic rings. The average Bonchev–Trinajstić information content (AvgIpc) is 2.74. The van der Waals surface area contributed by atoms with Crippen LogP contribution in [0.4, 0.5) is 0 Å². The molecule has 0 spiro atoms. The lowest BCUT2D eigenvalue weighted by Crippen LogP contribution is -2.40. The third-order valence-electron chi connectivity index (χ3n) is 4.45. The van der Waals surface area contributed by atoms with Crippen molar-refractivity contribution in [3.05, 3.63) is 0 Å². The minimum Gasteiger partial charge on any atom is -0.316 e. The van der Waals surface area contributed by atoms with Gasteiger partial charge in [-0.15, -0.1) is 0 Å². The second-order valence-corrected chi connectivity index (χ2v) is 6.81. The SMILES string of the molecule is CC(C)CNCCCC(C)N(C)CC1CCCN1C. The number of hydrogen-bond donors (Lipinski definition) is 1. The van der Waals surface area contributed by atoms with Crippen LogP contribution >= 0.6 is 0 Å². The standard InChI is InChI=1S/C16H35N3/c1-14(2)12-17-10-6-8-15(3)19(5)13-16-9-7-11-18(16)4/h14-17H,6-13H2,1-5H3. The molecule has 0 saturated carbocycles. The van der Waals surface area contributed by atoms with E-state index in [1.165, 1.54) is 45.3 Å². The van der Waals surface area contributed by atoms with Crippen LogP contribution in [-0.2, 0) is 0 Å². The van der Waals surface area contributed by atoms with Gasteiger partial charge in [-0.1, -0.05) is 13.8 Å². The third-order valence-corrected chi connectivity index (χ3v) is 4.45. The van der Waals surface area contributed by atoms with Crippen molar-refractivity contribution in [2.75, 3.05) is 40.3 Å². The van der Waals surface area contributed by atoms with Gasteiger partial charge in [-0.05, 0) is 72.3 Å². The van der Waals surface area contributed by atoms with E-state index in [1.54, 1.807) is 0 Å². The normalized spacial score (nSPS) is 22.6. The molecule has 3 heteroatoms. The predicted octanol–water partition coefficient (Wildman–Crippen LogP) is 2.43. The van der Waals surface area contributed by atoms with E-state index in [0.29, 0.717) is 6.04 Å². The predicted molar refractivity (Wildman–Crippen MR) is 84.7 cm³/mol. The molecule has 3 nitrogen and oxygen atoms in total. The summed E-state index contributed by atoms with van der Waals surface area (Å²) in [4.78, 5) is 5.07. The zero-order chi connectivity index (χ0) is 14.3. The van der Waals surface area contributed by atoms with Crippen LogP contribution in [0.3, 0.4) is 0 Å². The van der Waals surface area contributed by atoms with Gasteiger partial charge in [-0.2, -0.15) is 0 Å². The lowest BCUT2D eigenvalue weighted by Gasteiger charge is -2.30. The molecule has 19 heavy (non-hydrogen) atoms. The van der Waals surface area contributed by atoms with Crippen molar-refractivity contribution >= 4 is 0 Å². The highest BCUT2D eigenvalue weighted by atomic mass is 15.2. The first-order valence-corrected chi connectivity index (χ1v) is 8.12. The van der Waals surface area contributed by atoms with Crippen molar-refractivity contribution in [3.8, 4) is 0 Å². The molecule has 114 valence electrons. The number of rotatable bonds is 9. The Hall–Kier alpha value is -0.120. The van der Waals surface area contributed by atoms with Gasteiger partial charge >= 0.3 is 0 Å². The fourth-order valence-corrected chi connectivity index (χ4v) is 2.86. The summed E-state index contributed by atoms with van der Waals surface area (Å²) in [6.45, 7) is 11.7. The van der Waals surface area contributed by atoms with E-state index >= 15 is 0 Å². The summed E-state index contributed by atoms with van der Waals surface area (Å²) in [5.74, 6) is 0.762. The van der Waals surface area contributed by atoms with E-state index in [-0.39, 0.29) is 0 Å². The van der Waals surface area contributed by atoms with Crippen molar-refractivity contribution in [2.24, 2.45) is 5.92 Å². The van der Waals surface area contributed by atoms with Gasteiger partial charge in [0.05, 0.1) is 0 Å². The van der Waals surface area contributed by atoms with Crippen LogP contribution in [0.1, 0.15) is 46.5 Å². The highest BCUT2D eigenvalue weighted by Gasteiger charge is 2.23. The fraction of sp³-hybridized carbons (Fsp3) is 1.00. The summed E-state index contributed by atoms with van der Waals surface area (Å²) in [6.07, 6.45) is 5.35. The molecule has 2 atom stereocenters. The van der Waals surface area contributed by atoms with Crippen LogP contribution in [0.25, 0.3) is 0 Å². The largest absolute Gasteiger partial charge is 0.316 e. The first-order chi connectivity index (χ1) is 9.00. The average molecular weight is 269 g/mol. The van der Waals surface area contributed by atoms with Crippen LogP contribution in [0.2, 0.25) is 0 Å². The Morgan fingerprint density at radius 1 is 1.32 bits per heavy atom. The maximum atomic E-state index is 3.53. The smallest absolute Gasteiger partial charge is 0.0220 e. The molecular formula is C16H35N3. The van der Waals surface area contributed by atoms with E-state index in [4.69, 9.17) is 0 Å². The Kier molecular flexibility index (Phi) is 7.96. The zero-order valence-corrected chi connectivity index (χ0v) is 13.8. The molecule has 1 N–H and O–H groups in total. The van der Waals surface area contributed by atoms with Crippen molar-refractivity contribution in [2.45, 2.75) is 58.5 Å². The number of likely N-dealkylation sites (N-methyl/N-ethyl adjacent to an activating group) is 2. The Morgan fingerprint density at radius 2 is 2.05 bits per heavy atom. The first-order valence-electron chi connectivity index (χ1n) is 8.12. The molecule has 0 aliphatic carbocycles. The van der Waals surface area contributed by atoms with Gasteiger partial charge in [0.2, 0.25) is 0 Å². The molecule has 0 amide bonds. The van der Waals surface area contributed by atoms with Crippen molar-refractivity contribution in [3.63, 3.8) is 0 Å². The Labute approximate surface area is 120 Å². The first kappa shape index (κ1) is 16.9. The molecule has 1 heterocycles. The van der Waals surface area contributed by atoms with Gasteiger partial charge in [-0.3, -0.25) is 0 Å². The topological polar surface area (TPSA) is 18.5 Å². The van der Waals surface area contributed by atoms with Gasteiger partial charge < -0.3 is 15.1 Å². The number of nitrogens with one attached hydrogen (secondary N) is 1. The monoisotopic (exact) mass is 269 g/mol. The summed E-state index contributed by atoms with van der Waals surface area (Å²) in [6, 6.07) is 1.49. The second-order valence-electron chi connectivity index (χ2n) is 6.81. The van der Waals surface area contributed by atoms with Crippen LogP contribution in [0, 0.1) is 5.92 Å². The van der Waals surface area contributed by atoms with Crippen LogP contribution in [0.15, 0.2) is 0 Å². The fourth-order valence-electron chi connectivity index (χ4n) is 2.86. The summed E-state index contributed by atoms with van der Waals surface area (Å²) in [7, 11) is 4.56. The van der Waals surface area contributed by atoms with E-state index in [2.05, 4.69) is 50.0 Å². The highest BCUT2D eigenvalue weighted by Crippen LogP contribution is 2.17. The van der Waals surface area contributed by atoms with Crippen molar-refractivity contribution < 1.29 is 0 Å². The summed E-state index contributed by atoms with van der Waals surface area (Å²) >= 11 is 0. The van der Waals surface area contributed by atoms with Gasteiger partial charge in [0.25, 0.3) is 0 Å². The van der Waals surface area contributed by atoms with Crippen molar-refractivity contribution in [1.82, 2.24) is 15.1 Å². The summed E-state index contributed by atoms with van der Waals surface area (Å²) < 4.78 is 0. The molecule has 0 bridgehead atoms. The minimum absolute atomic E-state index is 0.704. The Morgan fingerprint density at radius 3 is 2.63 bits per heavy atom. The lowest BCUT2D eigenvalue weighted by molar-refractivity contribution is 0.177. The van der Waals surface area contributed by atoms with Crippen LogP contribution in [0.5, 0.6) is 0 Å². The van der Waals surface area contributed by atoms with E-state index in [1.807, 2.05) is 0 Å². The quantitative estimate of drug-likeness (QED) is 0.649. The lowest BCUT2D eigenvalue weighted by atomic mass is 10.1. The van der Waals surface area contributed by atoms with E-state index in [0.717, 1.165) is 18.5 Å². The molecular weight excluding hydrogens is 234 g/mol. The van der Waals surface area contributed by atoms with Gasteiger partial charge in [0.15, 0.2) is 0 Å². The van der Waals surface area contributed by atoms with Crippen LogP contribution in [-0.4, -0.2) is 62.2 Å². The van der Waals surface area contributed by atoms with Gasteiger partial charge in [0.1, 0.15) is 0 Å². The molecule has 2 unspecified atom stereocenters. The molecule has 1 fully saturated rings. The number of likely N-dealkylation sites (tertiary alicyclic amines) is 1. The molecule has 1 rings (SSSR count). The summed E-state index contributed by atoms with van der Waals surface area (Å²) in [5, 5.41) is 3.53. The van der Waals surface area contributed by atoms with E-state index in [9.17, 15) is 0 Å². The maximum absolute atomic E-state index is 3.53. The molecule has 1 saturated heterocycles. The highest BCUT2D eigenvalue weighted by molar-refractivity contribution is 4.80. The molecule has 0 radical (unpaired) electrons. The van der Waals surface area contributed by atoms with Gasteiger partial charge in [0, 0.05) is 18.6 Å². The molecule has 1 aliphatic rings. The zero-order valence-electron chi connectivity index (χ0n) is 13.8. The number of hydrogen-bond acceptors (Lipinski definition) is 3. The van der Waals surface area contributed by atoms with Crippen LogP contribution < -0.4 is 5.32 Å². The second kappa shape index (κ2) is 8.93. The third kappa shape index (κ3) is 6.73.